The molecule has 6 heteroatoms. The molecule has 0 fully saturated rings. The van der Waals surface area contributed by atoms with E-state index in [1.165, 1.54) is 0 Å². The molecule has 2 rings (SSSR count). The number of ether oxygens (including phenoxy) is 3. The molecular formula is C19H24N2O4. The number of benzene rings is 2. The smallest absolute Gasteiger partial charge is 0.243 e. The average Bonchev–Trinajstić information content (AvgIpc) is 2.64. The standard InChI is InChI=1S/C19H24N2O4/c1-4-10-25-16-7-5-6-14(11-16)21-19(22)13-20-17-12-15(23-2)8-9-18(17)24-3/h5-9,11-12,20H,4,10,13H2,1-3H3,(H,21,22). The number of hydrogen-bond acceptors (Lipinski definition) is 5. The summed E-state index contributed by atoms with van der Waals surface area (Å²) in [7, 11) is 3.17. The second-order valence-electron chi connectivity index (χ2n) is 5.34. The number of nitrogens with one attached hydrogen (secondary N) is 2. The molecule has 0 atom stereocenters. The van der Waals surface area contributed by atoms with Gasteiger partial charge in [0.05, 0.1) is 33.1 Å². The molecule has 2 aromatic carbocycles. The van der Waals surface area contributed by atoms with Crippen molar-refractivity contribution in [3.63, 3.8) is 0 Å². The normalized spacial score (nSPS) is 10.0. The van der Waals surface area contributed by atoms with E-state index in [1.54, 1.807) is 38.5 Å². The van der Waals surface area contributed by atoms with E-state index in [4.69, 9.17) is 14.2 Å². The lowest BCUT2D eigenvalue weighted by Crippen LogP contribution is -2.22. The lowest BCUT2D eigenvalue weighted by Gasteiger charge is -2.13. The first-order chi connectivity index (χ1) is 12.2. The fourth-order valence-electron chi connectivity index (χ4n) is 2.22. The maximum Gasteiger partial charge on any atom is 0.243 e. The van der Waals surface area contributed by atoms with Gasteiger partial charge in [-0.1, -0.05) is 13.0 Å². The van der Waals surface area contributed by atoms with Gasteiger partial charge >= 0.3 is 0 Å². The van der Waals surface area contributed by atoms with E-state index < -0.39 is 0 Å². The van der Waals surface area contributed by atoms with Crippen LogP contribution >= 0.6 is 0 Å². The molecule has 134 valence electrons. The molecule has 0 radical (unpaired) electrons. The van der Waals surface area contributed by atoms with E-state index in [1.807, 2.05) is 25.1 Å². The number of methoxy groups -OCH3 is 2. The highest BCUT2D eigenvalue weighted by atomic mass is 16.5. The highest BCUT2D eigenvalue weighted by Crippen LogP contribution is 2.28. The van der Waals surface area contributed by atoms with Crippen molar-refractivity contribution in [1.29, 1.82) is 0 Å². The summed E-state index contributed by atoms with van der Waals surface area (Å²) < 4.78 is 16.0. The third-order valence-corrected chi connectivity index (χ3v) is 3.44. The van der Waals surface area contributed by atoms with Crippen molar-refractivity contribution in [3.8, 4) is 17.2 Å². The van der Waals surface area contributed by atoms with Gasteiger partial charge in [0.15, 0.2) is 0 Å². The number of hydrogen-bond donors (Lipinski definition) is 2. The van der Waals surface area contributed by atoms with E-state index in [0.29, 0.717) is 29.5 Å². The van der Waals surface area contributed by atoms with Crippen molar-refractivity contribution >= 4 is 17.3 Å². The Labute approximate surface area is 148 Å². The second-order valence-corrected chi connectivity index (χ2v) is 5.34. The summed E-state index contributed by atoms with van der Waals surface area (Å²) in [5, 5.41) is 5.90. The molecule has 0 aliphatic carbocycles. The van der Waals surface area contributed by atoms with Gasteiger partial charge in [-0.05, 0) is 30.7 Å². The second kappa shape index (κ2) is 9.42. The summed E-state index contributed by atoms with van der Waals surface area (Å²) in [6.07, 6.45) is 0.933. The third-order valence-electron chi connectivity index (χ3n) is 3.44. The minimum Gasteiger partial charge on any atom is -0.497 e. The molecule has 1 amide bonds. The van der Waals surface area contributed by atoms with Crippen LogP contribution in [0, 0.1) is 0 Å². The molecule has 0 heterocycles. The van der Waals surface area contributed by atoms with Crippen LogP contribution in [-0.4, -0.2) is 33.3 Å². The molecular weight excluding hydrogens is 320 g/mol. The molecule has 0 saturated carbocycles. The zero-order valence-corrected chi connectivity index (χ0v) is 14.8. The van der Waals surface area contributed by atoms with Crippen molar-refractivity contribution < 1.29 is 19.0 Å². The molecule has 0 aliphatic heterocycles. The molecule has 0 saturated heterocycles. The van der Waals surface area contributed by atoms with E-state index in [-0.39, 0.29) is 12.5 Å². The van der Waals surface area contributed by atoms with E-state index in [0.717, 1.165) is 12.2 Å². The van der Waals surface area contributed by atoms with Gasteiger partial charge in [-0.2, -0.15) is 0 Å². The molecule has 6 nitrogen and oxygen atoms in total. The maximum absolute atomic E-state index is 12.2. The summed E-state index contributed by atoms with van der Waals surface area (Å²) in [6.45, 7) is 2.79. The van der Waals surface area contributed by atoms with Crippen LogP contribution in [0.25, 0.3) is 0 Å². The molecule has 0 spiro atoms. The lowest BCUT2D eigenvalue weighted by atomic mass is 10.2. The number of carbonyl (C=O) groups is 1. The van der Waals surface area contributed by atoms with Crippen LogP contribution in [-0.2, 0) is 4.79 Å². The van der Waals surface area contributed by atoms with Gasteiger partial charge in [0.1, 0.15) is 17.2 Å². The highest BCUT2D eigenvalue weighted by Gasteiger charge is 2.08. The van der Waals surface area contributed by atoms with Crippen LogP contribution in [0.1, 0.15) is 13.3 Å². The van der Waals surface area contributed by atoms with Crippen molar-refractivity contribution in [1.82, 2.24) is 0 Å². The Balaban J connectivity index is 1.95. The Bertz CT molecular complexity index is 704. The molecule has 25 heavy (non-hydrogen) atoms. The average molecular weight is 344 g/mol. The summed E-state index contributed by atoms with van der Waals surface area (Å²) >= 11 is 0. The van der Waals surface area contributed by atoms with Crippen LogP contribution < -0.4 is 24.8 Å². The van der Waals surface area contributed by atoms with Gasteiger partial charge in [0, 0.05) is 17.8 Å². The Morgan fingerprint density at radius 3 is 2.60 bits per heavy atom. The number of carbonyl (C=O) groups excluding carboxylic acids is 1. The molecule has 0 aromatic heterocycles. The summed E-state index contributed by atoms with van der Waals surface area (Å²) in [5.74, 6) is 1.90. The Kier molecular flexibility index (Phi) is 6.95. The maximum atomic E-state index is 12.2. The minimum atomic E-state index is -0.169. The molecule has 0 aliphatic rings. The Morgan fingerprint density at radius 1 is 1.04 bits per heavy atom. The zero-order valence-electron chi connectivity index (χ0n) is 14.8. The first kappa shape index (κ1) is 18.4. The van der Waals surface area contributed by atoms with Crippen LogP contribution in [0.2, 0.25) is 0 Å². The quantitative estimate of drug-likeness (QED) is 0.728. The summed E-state index contributed by atoms with van der Waals surface area (Å²) in [4.78, 5) is 12.2. The monoisotopic (exact) mass is 344 g/mol. The minimum absolute atomic E-state index is 0.101. The lowest BCUT2D eigenvalue weighted by molar-refractivity contribution is -0.114. The van der Waals surface area contributed by atoms with Crippen LogP contribution in [0.5, 0.6) is 17.2 Å². The first-order valence-electron chi connectivity index (χ1n) is 8.15. The Morgan fingerprint density at radius 2 is 1.88 bits per heavy atom. The molecule has 2 N–H and O–H groups in total. The van der Waals surface area contributed by atoms with Gasteiger partial charge in [0.25, 0.3) is 0 Å². The fourth-order valence-corrected chi connectivity index (χ4v) is 2.22. The molecule has 0 bridgehead atoms. The summed E-state index contributed by atoms with van der Waals surface area (Å²) in [5.41, 5.74) is 1.38. The molecule has 0 unspecified atom stereocenters. The van der Waals surface area contributed by atoms with E-state index in [9.17, 15) is 4.79 Å². The van der Waals surface area contributed by atoms with Crippen molar-refractivity contribution in [2.75, 3.05) is 38.0 Å². The zero-order chi connectivity index (χ0) is 18.1. The largest absolute Gasteiger partial charge is 0.497 e. The Hall–Kier alpha value is -2.89. The number of amides is 1. The van der Waals surface area contributed by atoms with Crippen molar-refractivity contribution in [3.05, 3.63) is 42.5 Å². The van der Waals surface area contributed by atoms with Crippen molar-refractivity contribution in [2.45, 2.75) is 13.3 Å². The molecule has 2 aromatic rings. The van der Waals surface area contributed by atoms with Crippen LogP contribution in [0.3, 0.4) is 0 Å². The fraction of sp³-hybridized carbons (Fsp3) is 0.316. The van der Waals surface area contributed by atoms with Crippen LogP contribution in [0.4, 0.5) is 11.4 Å². The van der Waals surface area contributed by atoms with Crippen LogP contribution in [0.15, 0.2) is 42.5 Å². The summed E-state index contributed by atoms with van der Waals surface area (Å²) in [6, 6.07) is 12.7. The van der Waals surface area contributed by atoms with Crippen molar-refractivity contribution in [2.24, 2.45) is 0 Å². The van der Waals surface area contributed by atoms with Gasteiger partial charge in [-0.15, -0.1) is 0 Å². The van der Waals surface area contributed by atoms with Gasteiger partial charge in [-0.25, -0.2) is 0 Å². The highest BCUT2D eigenvalue weighted by molar-refractivity contribution is 5.94. The van der Waals surface area contributed by atoms with Gasteiger partial charge < -0.3 is 24.8 Å². The van der Waals surface area contributed by atoms with Gasteiger partial charge in [0.2, 0.25) is 5.91 Å². The van der Waals surface area contributed by atoms with E-state index in [2.05, 4.69) is 10.6 Å². The topological polar surface area (TPSA) is 68.8 Å². The first-order valence-corrected chi connectivity index (χ1v) is 8.15. The third kappa shape index (κ3) is 5.60. The number of anilines is 2. The van der Waals surface area contributed by atoms with E-state index >= 15 is 0 Å². The SMILES string of the molecule is CCCOc1cccc(NC(=O)CNc2cc(OC)ccc2OC)c1. The number of rotatable bonds is 9. The predicted molar refractivity (Wildman–Crippen MR) is 98.9 cm³/mol. The predicted octanol–water partition coefficient (Wildman–Crippen LogP) is 3.54. The van der Waals surface area contributed by atoms with Gasteiger partial charge in [-0.3, -0.25) is 4.79 Å².